The van der Waals surface area contributed by atoms with Crippen molar-refractivity contribution in [2.75, 3.05) is 13.2 Å². The van der Waals surface area contributed by atoms with Crippen LogP contribution in [0, 0.1) is 5.92 Å². The molecular formula is C44H59N11O9. The van der Waals surface area contributed by atoms with E-state index in [1.165, 1.54) is 0 Å². The molecule has 0 unspecified atom stereocenters. The molecule has 16 N–H and O–H groups in total. The van der Waals surface area contributed by atoms with Crippen LogP contribution in [0.25, 0.3) is 0 Å². The number of nitrogens with zero attached hydrogens (tertiary/aromatic N) is 1. The van der Waals surface area contributed by atoms with Crippen LogP contribution in [0.3, 0.4) is 0 Å². The van der Waals surface area contributed by atoms with E-state index in [9.17, 15) is 43.5 Å². The number of aliphatic hydroxyl groups is 1. The molecule has 344 valence electrons. The summed E-state index contributed by atoms with van der Waals surface area (Å²) < 4.78 is 0. The van der Waals surface area contributed by atoms with Gasteiger partial charge in [0.1, 0.15) is 36.3 Å². The summed E-state index contributed by atoms with van der Waals surface area (Å²) in [6, 6.07) is 15.5. The largest absolute Gasteiger partial charge is 0.394 e. The Bertz CT molecular complexity index is 2100. The van der Waals surface area contributed by atoms with Gasteiger partial charge < -0.3 is 60.4 Å². The zero-order valence-electron chi connectivity index (χ0n) is 35.8. The number of guanidine groups is 1. The maximum Gasteiger partial charge on any atom is 0.243 e. The molecule has 0 aliphatic rings. The van der Waals surface area contributed by atoms with E-state index >= 15 is 0 Å². The lowest BCUT2D eigenvalue weighted by molar-refractivity contribution is -0.135. The fourth-order valence-corrected chi connectivity index (χ4v) is 6.40. The van der Waals surface area contributed by atoms with Gasteiger partial charge in [0.25, 0.3) is 0 Å². The van der Waals surface area contributed by atoms with E-state index in [0.717, 1.165) is 0 Å². The van der Waals surface area contributed by atoms with Gasteiger partial charge in [-0.2, -0.15) is 0 Å². The van der Waals surface area contributed by atoms with Crippen LogP contribution in [0.5, 0.6) is 0 Å². The van der Waals surface area contributed by atoms with Crippen LogP contribution in [0.15, 0.2) is 89.9 Å². The van der Waals surface area contributed by atoms with E-state index in [4.69, 9.17) is 28.7 Å². The first-order valence-corrected chi connectivity index (χ1v) is 20.6. The van der Waals surface area contributed by atoms with E-state index in [1.807, 2.05) is 13.8 Å². The third-order valence-electron chi connectivity index (χ3n) is 9.76. The molecule has 0 aliphatic carbocycles. The highest BCUT2D eigenvalue weighted by atomic mass is 16.3. The minimum absolute atomic E-state index is 0.00304. The second-order valence-electron chi connectivity index (χ2n) is 15.5. The van der Waals surface area contributed by atoms with Crippen molar-refractivity contribution in [3.8, 4) is 0 Å². The van der Waals surface area contributed by atoms with Crippen molar-refractivity contribution >= 4 is 53.1 Å². The average Bonchev–Trinajstić information content (AvgIpc) is 3.26. The minimum Gasteiger partial charge on any atom is -0.394 e. The molecule has 0 heterocycles. The Morgan fingerprint density at radius 3 is 1.55 bits per heavy atom. The van der Waals surface area contributed by atoms with Gasteiger partial charge in [0.15, 0.2) is 11.7 Å². The smallest absolute Gasteiger partial charge is 0.243 e. The molecule has 20 heteroatoms. The van der Waals surface area contributed by atoms with Crippen molar-refractivity contribution in [1.29, 1.82) is 0 Å². The Hall–Kier alpha value is -7.19. The predicted octanol–water partition coefficient (Wildman–Crippen LogP) is -2.09. The number of hydrogen-bond donors (Lipinski definition) is 11. The van der Waals surface area contributed by atoms with Gasteiger partial charge in [-0.3, -0.25) is 43.3 Å². The second kappa shape index (κ2) is 25.7. The SMILES string of the molecule is CC(C)C[C@H](NC(=O)[C@H](Cc1ccccc1)NC(=O)[C@@H](N)CO)C(=O)N[C@H](Cc1ccc(C(=O)c2ccccc2)cc1)C(=O)N[C@@H](CCCN=C(N)N)C(=O)N[C@@H](CC(N)=O)C(N)=O. The lowest BCUT2D eigenvalue weighted by Gasteiger charge is -2.28. The maximum absolute atomic E-state index is 14.3. The van der Waals surface area contributed by atoms with Crippen LogP contribution < -0.4 is 55.3 Å². The predicted molar refractivity (Wildman–Crippen MR) is 237 cm³/mol. The number of ketones is 1. The molecule has 0 spiro atoms. The van der Waals surface area contributed by atoms with Gasteiger partial charge >= 0.3 is 0 Å². The molecule has 0 radical (unpaired) electrons. The molecule has 20 nitrogen and oxygen atoms in total. The number of hydrogen-bond acceptors (Lipinski definition) is 11. The summed E-state index contributed by atoms with van der Waals surface area (Å²) in [4.78, 5) is 110. The van der Waals surface area contributed by atoms with Crippen molar-refractivity contribution in [3.05, 3.63) is 107 Å². The molecule has 3 rings (SSSR count). The van der Waals surface area contributed by atoms with Crippen LogP contribution in [0.1, 0.15) is 66.6 Å². The summed E-state index contributed by atoms with van der Waals surface area (Å²) in [7, 11) is 0. The Morgan fingerprint density at radius 1 is 0.578 bits per heavy atom. The zero-order chi connectivity index (χ0) is 47.3. The molecule has 6 atom stereocenters. The molecule has 64 heavy (non-hydrogen) atoms. The molecule has 0 bridgehead atoms. The third-order valence-corrected chi connectivity index (χ3v) is 9.76. The molecular weight excluding hydrogens is 827 g/mol. The van der Waals surface area contributed by atoms with Crippen molar-refractivity contribution in [3.63, 3.8) is 0 Å². The number of carbonyl (C=O) groups is 8. The first-order valence-electron chi connectivity index (χ1n) is 20.6. The van der Waals surface area contributed by atoms with Crippen molar-refractivity contribution < 1.29 is 43.5 Å². The van der Waals surface area contributed by atoms with Gasteiger partial charge in [0.05, 0.1) is 13.0 Å². The number of carbonyl (C=O) groups excluding carboxylic acids is 8. The van der Waals surface area contributed by atoms with E-state index in [2.05, 4.69) is 31.6 Å². The molecule has 7 amide bonds. The number of aliphatic hydroxyl groups excluding tert-OH is 1. The van der Waals surface area contributed by atoms with Crippen LogP contribution >= 0.6 is 0 Å². The number of benzene rings is 3. The van der Waals surface area contributed by atoms with Gasteiger partial charge in [0.2, 0.25) is 41.4 Å². The quantitative estimate of drug-likeness (QED) is 0.0179. The van der Waals surface area contributed by atoms with Crippen molar-refractivity contribution in [1.82, 2.24) is 26.6 Å². The monoisotopic (exact) mass is 885 g/mol. The first kappa shape index (κ1) is 51.2. The lowest BCUT2D eigenvalue weighted by atomic mass is 9.98. The Kier molecular flexibility index (Phi) is 20.5. The van der Waals surface area contributed by atoms with E-state index in [0.29, 0.717) is 22.3 Å². The van der Waals surface area contributed by atoms with Gasteiger partial charge in [-0.05, 0) is 36.3 Å². The van der Waals surface area contributed by atoms with Gasteiger partial charge in [-0.25, -0.2) is 0 Å². The summed E-state index contributed by atoms with van der Waals surface area (Å²) in [6.07, 6.45) is -0.664. The molecule has 0 aromatic heterocycles. The Morgan fingerprint density at radius 2 is 1.03 bits per heavy atom. The summed E-state index contributed by atoms with van der Waals surface area (Å²) in [5, 5.41) is 22.4. The van der Waals surface area contributed by atoms with E-state index in [-0.39, 0.29) is 56.3 Å². The zero-order valence-corrected chi connectivity index (χ0v) is 35.8. The van der Waals surface area contributed by atoms with Crippen molar-refractivity contribution in [2.24, 2.45) is 39.6 Å². The number of aliphatic imine (C=N–C) groups is 1. The normalized spacial score (nSPS) is 13.7. The second-order valence-corrected chi connectivity index (χ2v) is 15.5. The maximum atomic E-state index is 14.3. The van der Waals surface area contributed by atoms with Crippen LogP contribution in [0.4, 0.5) is 0 Å². The third kappa shape index (κ3) is 17.3. The summed E-state index contributed by atoms with van der Waals surface area (Å²) in [6.45, 7) is 2.98. The Labute approximate surface area is 370 Å². The van der Waals surface area contributed by atoms with Gasteiger partial charge in [-0.15, -0.1) is 0 Å². The number of primary amides is 2. The number of nitrogens with one attached hydrogen (secondary N) is 5. The number of amides is 7. The number of nitrogens with two attached hydrogens (primary N) is 5. The van der Waals surface area contributed by atoms with Crippen LogP contribution in [0.2, 0.25) is 0 Å². The summed E-state index contributed by atoms with van der Waals surface area (Å²) >= 11 is 0. The highest BCUT2D eigenvalue weighted by molar-refractivity contribution is 6.09. The molecule has 0 saturated carbocycles. The van der Waals surface area contributed by atoms with Crippen LogP contribution in [-0.2, 0) is 46.4 Å². The molecule has 3 aromatic carbocycles. The topological polar surface area (TPSA) is 359 Å². The summed E-state index contributed by atoms with van der Waals surface area (Å²) in [5.74, 6) is -6.75. The fraction of sp³-hybridized carbons (Fsp3) is 0.386. The van der Waals surface area contributed by atoms with E-state index in [1.54, 1.807) is 84.9 Å². The average molecular weight is 886 g/mol. The summed E-state index contributed by atoms with van der Waals surface area (Å²) in [5.41, 5.74) is 29.3. The van der Waals surface area contributed by atoms with Crippen molar-refractivity contribution in [2.45, 2.75) is 88.6 Å². The highest BCUT2D eigenvalue weighted by Gasteiger charge is 2.33. The molecule has 3 aromatic rings. The highest BCUT2D eigenvalue weighted by Crippen LogP contribution is 2.15. The fourth-order valence-electron chi connectivity index (χ4n) is 6.40. The molecule has 0 aliphatic heterocycles. The van der Waals surface area contributed by atoms with Gasteiger partial charge in [-0.1, -0.05) is 98.8 Å². The van der Waals surface area contributed by atoms with Gasteiger partial charge in [0, 0.05) is 30.5 Å². The molecule has 0 saturated heterocycles. The molecule has 0 fully saturated rings. The Balaban J connectivity index is 2.00. The minimum atomic E-state index is -1.51. The lowest BCUT2D eigenvalue weighted by Crippen LogP contribution is -2.60. The van der Waals surface area contributed by atoms with Crippen LogP contribution in [-0.4, -0.2) is 108 Å². The number of rotatable bonds is 26. The van der Waals surface area contributed by atoms with E-state index < -0.39 is 90.6 Å². The first-order chi connectivity index (χ1) is 30.4. The standard InChI is InChI=1S/C44H59N11O9/c1-25(2)20-33(54-43(64)34(53-39(60)30(45)24-56)21-26-10-5-3-6-11-26)41(62)55-35(22-27-15-17-29(18-16-27)37(58)28-12-7-4-8-13-28)42(63)51-31(14-9-19-50-44(48)49)40(61)52-32(38(47)59)23-36(46)57/h3-8,10-13,15-18,25,30-35,56H,9,14,19-24,45H2,1-2H3,(H2,46,57)(H2,47,59)(H,51,63)(H,52,61)(H,53,60)(H,54,64)(H,55,62)(H4,48,49,50)/t30-,31-,32-,33-,34-,35+/m0/s1.